The number of rotatable bonds is 3. The first-order valence-electron chi connectivity index (χ1n) is 6.06. The number of carbonyl (C=O) groups excluding carboxylic acids is 2. The monoisotopic (exact) mass is 287 g/mol. The van der Waals surface area contributed by atoms with Gasteiger partial charge in [-0.1, -0.05) is 0 Å². The first-order valence-corrected chi connectivity index (χ1v) is 6.06. The zero-order valence-electron chi connectivity index (χ0n) is 11.1. The molecule has 21 heavy (non-hydrogen) atoms. The van der Waals surface area contributed by atoms with Crippen LogP contribution in [0.1, 0.15) is 17.3 Å². The Bertz CT molecular complexity index is 735. The van der Waals surface area contributed by atoms with E-state index in [2.05, 4.69) is 15.6 Å². The van der Waals surface area contributed by atoms with Crippen molar-refractivity contribution in [1.82, 2.24) is 4.98 Å². The van der Waals surface area contributed by atoms with E-state index < -0.39 is 11.5 Å². The Morgan fingerprint density at radius 2 is 1.62 bits per heavy atom. The molecule has 0 saturated carbocycles. The van der Waals surface area contributed by atoms with Crippen molar-refractivity contribution in [1.29, 1.82) is 0 Å². The van der Waals surface area contributed by atoms with E-state index in [9.17, 15) is 19.5 Å². The fourth-order valence-electron chi connectivity index (χ4n) is 1.70. The molecule has 0 spiro atoms. The second-order valence-corrected chi connectivity index (χ2v) is 4.33. The molecule has 0 bridgehead atoms. The third-order valence-corrected chi connectivity index (χ3v) is 2.56. The van der Waals surface area contributed by atoms with Crippen LogP contribution in [0, 0.1) is 0 Å². The van der Waals surface area contributed by atoms with Gasteiger partial charge in [-0.05, 0) is 24.3 Å². The number of benzene rings is 1. The predicted molar refractivity (Wildman–Crippen MR) is 77.4 cm³/mol. The minimum atomic E-state index is -0.568. The normalized spacial score (nSPS) is 9.95. The van der Waals surface area contributed by atoms with Gasteiger partial charge in [-0.15, -0.1) is 0 Å². The topological polar surface area (TPSA) is 111 Å². The highest BCUT2D eigenvalue weighted by molar-refractivity contribution is 6.04. The van der Waals surface area contributed by atoms with Crippen molar-refractivity contribution in [2.75, 3.05) is 10.6 Å². The molecule has 1 heterocycles. The van der Waals surface area contributed by atoms with Crippen molar-refractivity contribution in [2.24, 2.45) is 0 Å². The van der Waals surface area contributed by atoms with E-state index in [0.717, 1.165) is 12.1 Å². The van der Waals surface area contributed by atoms with Crippen LogP contribution in [0.15, 0.2) is 41.2 Å². The van der Waals surface area contributed by atoms with Gasteiger partial charge in [0.1, 0.15) is 0 Å². The number of carbonyl (C=O) groups is 2. The molecule has 0 saturated heterocycles. The van der Waals surface area contributed by atoms with Crippen LogP contribution in [0.5, 0.6) is 5.88 Å². The minimum absolute atomic E-state index is 0.0437. The molecule has 1 aromatic carbocycles. The van der Waals surface area contributed by atoms with E-state index in [4.69, 9.17) is 0 Å². The summed E-state index contributed by atoms with van der Waals surface area (Å²) in [5, 5.41) is 14.4. The van der Waals surface area contributed by atoms with Gasteiger partial charge < -0.3 is 15.7 Å². The number of aromatic hydroxyl groups is 1. The maximum atomic E-state index is 11.9. The molecule has 4 N–H and O–H groups in total. The maximum absolute atomic E-state index is 11.9. The predicted octanol–water partition coefficient (Wildman–Crippen LogP) is 1.29. The van der Waals surface area contributed by atoms with E-state index in [1.165, 1.54) is 6.92 Å². The molecule has 108 valence electrons. The van der Waals surface area contributed by atoms with Gasteiger partial charge in [0.25, 0.3) is 11.5 Å². The minimum Gasteiger partial charge on any atom is -0.494 e. The van der Waals surface area contributed by atoms with Crippen LogP contribution in [-0.4, -0.2) is 21.9 Å². The van der Waals surface area contributed by atoms with Crippen LogP contribution in [0.2, 0.25) is 0 Å². The summed E-state index contributed by atoms with van der Waals surface area (Å²) in [7, 11) is 0. The molecule has 0 atom stereocenters. The molecular formula is C14H13N3O4. The molecule has 0 radical (unpaired) electrons. The van der Waals surface area contributed by atoms with Gasteiger partial charge >= 0.3 is 0 Å². The lowest BCUT2D eigenvalue weighted by molar-refractivity contribution is -0.114. The van der Waals surface area contributed by atoms with Gasteiger partial charge in [-0.25, -0.2) is 0 Å². The van der Waals surface area contributed by atoms with Crippen LogP contribution in [-0.2, 0) is 4.79 Å². The Morgan fingerprint density at radius 3 is 2.14 bits per heavy atom. The zero-order chi connectivity index (χ0) is 15.4. The summed E-state index contributed by atoms with van der Waals surface area (Å²) in [4.78, 5) is 36.1. The Morgan fingerprint density at radius 1 is 1.05 bits per heavy atom. The smallest absolute Gasteiger partial charge is 0.256 e. The highest BCUT2D eigenvalue weighted by atomic mass is 16.3. The van der Waals surface area contributed by atoms with Crippen LogP contribution in [0.25, 0.3) is 0 Å². The first-order chi connectivity index (χ1) is 9.94. The first kappa shape index (κ1) is 14.3. The van der Waals surface area contributed by atoms with Crippen molar-refractivity contribution < 1.29 is 14.7 Å². The van der Waals surface area contributed by atoms with Crippen molar-refractivity contribution >= 4 is 23.2 Å². The second-order valence-electron chi connectivity index (χ2n) is 4.33. The summed E-state index contributed by atoms with van der Waals surface area (Å²) >= 11 is 0. The van der Waals surface area contributed by atoms with Crippen molar-refractivity contribution in [3.05, 3.63) is 52.3 Å². The van der Waals surface area contributed by atoms with Gasteiger partial charge in [-0.3, -0.25) is 19.4 Å². The molecule has 2 amide bonds. The van der Waals surface area contributed by atoms with Gasteiger partial charge in [0.05, 0.1) is 5.56 Å². The lowest BCUT2D eigenvalue weighted by atomic mass is 10.2. The van der Waals surface area contributed by atoms with E-state index in [1.807, 2.05) is 0 Å². The number of hydrogen-bond donors (Lipinski definition) is 4. The third-order valence-electron chi connectivity index (χ3n) is 2.56. The van der Waals surface area contributed by atoms with Crippen LogP contribution in [0.4, 0.5) is 11.4 Å². The number of aromatic nitrogens is 1. The van der Waals surface area contributed by atoms with Gasteiger partial charge in [0, 0.05) is 30.4 Å². The fourth-order valence-corrected chi connectivity index (χ4v) is 1.70. The van der Waals surface area contributed by atoms with Crippen molar-refractivity contribution in [3.63, 3.8) is 0 Å². The number of hydrogen-bond acceptors (Lipinski definition) is 4. The SMILES string of the molecule is CC(=O)Nc1ccc(NC(=O)c2cc(O)[nH]c(=O)c2)cc1. The van der Waals surface area contributed by atoms with Gasteiger partial charge in [0.2, 0.25) is 5.91 Å². The summed E-state index contributed by atoms with van der Waals surface area (Å²) in [5.41, 5.74) is 0.575. The molecular weight excluding hydrogens is 274 g/mol. The Balaban J connectivity index is 2.12. The average Bonchev–Trinajstić information content (AvgIpc) is 2.39. The number of aromatic amines is 1. The third kappa shape index (κ3) is 3.93. The number of amides is 2. The molecule has 0 aliphatic carbocycles. The van der Waals surface area contributed by atoms with Crippen LogP contribution < -0.4 is 16.2 Å². The fraction of sp³-hybridized carbons (Fsp3) is 0.0714. The van der Waals surface area contributed by atoms with Crippen LogP contribution in [0.3, 0.4) is 0 Å². The van der Waals surface area contributed by atoms with Gasteiger partial charge in [0.15, 0.2) is 5.88 Å². The highest BCUT2D eigenvalue weighted by Crippen LogP contribution is 2.15. The molecule has 0 aliphatic heterocycles. The molecule has 2 aromatic rings. The summed E-state index contributed by atoms with van der Waals surface area (Å²) in [6.45, 7) is 1.40. The lowest BCUT2D eigenvalue weighted by Crippen LogP contribution is -2.15. The quantitative estimate of drug-likeness (QED) is 0.681. The molecule has 0 unspecified atom stereocenters. The molecule has 7 nitrogen and oxygen atoms in total. The largest absolute Gasteiger partial charge is 0.494 e. The Labute approximate surface area is 119 Å². The summed E-state index contributed by atoms with van der Waals surface area (Å²) in [6, 6.07) is 8.72. The van der Waals surface area contributed by atoms with E-state index in [-0.39, 0.29) is 17.4 Å². The van der Waals surface area contributed by atoms with Crippen molar-refractivity contribution in [2.45, 2.75) is 6.92 Å². The number of H-pyrrole nitrogens is 1. The Hall–Kier alpha value is -3.09. The number of pyridine rings is 1. The van der Waals surface area contributed by atoms with Gasteiger partial charge in [-0.2, -0.15) is 0 Å². The maximum Gasteiger partial charge on any atom is 0.256 e. The molecule has 0 aliphatic rings. The molecule has 1 aromatic heterocycles. The second kappa shape index (κ2) is 5.91. The standard InChI is InChI=1S/C14H13N3O4/c1-8(18)15-10-2-4-11(5-3-10)16-14(21)9-6-12(19)17-13(20)7-9/h2-7H,1H3,(H,15,18)(H,16,21)(H2,17,19,20). The van der Waals surface area contributed by atoms with Crippen molar-refractivity contribution in [3.8, 4) is 5.88 Å². The zero-order valence-corrected chi connectivity index (χ0v) is 11.1. The Kier molecular flexibility index (Phi) is 4.03. The summed E-state index contributed by atoms with van der Waals surface area (Å²) in [6.07, 6.45) is 0. The number of anilines is 2. The summed E-state index contributed by atoms with van der Waals surface area (Å²) < 4.78 is 0. The molecule has 0 fully saturated rings. The molecule has 7 heteroatoms. The number of nitrogens with one attached hydrogen (secondary N) is 3. The summed E-state index contributed by atoms with van der Waals surface area (Å²) in [5.74, 6) is -1.09. The van der Waals surface area contributed by atoms with E-state index in [0.29, 0.717) is 11.4 Å². The molecule has 2 rings (SSSR count). The van der Waals surface area contributed by atoms with Crippen LogP contribution >= 0.6 is 0 Å². The lowest BCUT2D eigenvalue weighted by Gasteiger charge is -2.07. The highest BCUT2D eigenvalue weighted by Gasteiger charge is 2.08. The van der Waals surface area contributed by atoms with E-state index in [1.54, 1.807) is 24.3 Å². The average molecular weight is 287 g/mol. The van der Waals surface area contributed by atoms with E-state index >= 15 is 0 Å².